The molecular weight excluding hydrogens is 400 g/mol. The van der Waals surface area contributed by atoms with Crippen LogP contribution < -0.4 is 4.90 Å². The quantitative estimate of drug-likeness (QED) is 0.607. The number of rotatable bonds is 6. The second-order valence-corrected chi connectivity index (χ2v) is 7.26. The summed E-state index contributed by atoms with van der Waals surface area (Å²) in [6, 6.07) is 20.2. The first-order chi connectivity index (χ1) is 15.0. The highest BCUT2D eigenvalue weighted by Crippen LogP contribution is 2.41. The standard InChI is InChI=1S/C25H19F2NO3/c26-19-13-12-18(15-20(19)27)28-23(17-9-5-2-6-10-17)22(24(30)25(28)31)21(29)14-11-16-7-3-1-4-8-16/h1-10,12-13,15,23,30H,11,14H2. The zero-order chi connectivity index (χ0) is 22.0. The van der Waals surface area contributed by atoms with Crippen LogP contribution in [0.3, 0.4) is 0 Å². The van der Waals surface area contributed by atoms with Crippen molar-refractivity contribution in [2.75, 3.05) is 4.90 Å². The van der Waals surface area contributed by atoms with E-state index in [0.29, 0.717) is 12.0 Å². The first-order valence-corrected chi connectivity index (χ1v) is 9.81. The van der Waals surface area contributed by atoms with Crippen molar-refractivity contribution >= 4 is 17.4 Å². The molecule has 31 heavy (non-hydrogen) atoms. The van der Waals surface area contributed by atoms with Crippen molar-refractivity contribution in [2.45, 2.75) is 18.9 Å². The van der Waals surface area contributed by atoms with E-state index in [0.717, 1.165) is 22.6 Å². The van der Waals surface area contributed by atoms with Gasteiger partial charge in [-0.1, -0.05) is 60.7 Å². The fourth-order valence-electron chi connectivity index (χ4n) is 3.78. The van der Waals surface area contributed by atoms with Gasteiger partial charge in [0.1, 0.15) is 0 Å². The summed E-state index contributed by atoms with van der Waals surface area (Å²) in [5.41, 5.74) is 1.54. The number of hydrogen-bond acceptors (Lipinski definition) is 3. The van der Waals surface area contributed by atoms with Crippen molar-refractivity contribution < 1.29 is 23.5 Å². The van der Waals surface area contributed by atoms with Gasteiger partial charge in [-0.2, -0.15) is 0 Å². The molecule has 0 aliphatic carbocycles. The first-order valence-electron chi connectivity index (χ1n) is 9.81. The molecule has 0 fully saturated rings. The van der Waals surface area contributed by atoms with Gasteiger partial charge in [-0.3, -0.25) is 14.5 Å². The normalized spacial score (nSPS) is 16.1. The monoisotopic (exact) mass is 419 g/mol. The maximum atomic E-state index is 13.9. The second kappa shape index (κ2) is 8.52. The third kappa shape index (κ3) is 3.97. The highest BCUT2D eigenvalue weighted by Gasteiger charge is 2.44. The molecule has 0 spiro atoms. The lowest BCUT2D eigenvalue weighted by molar-refractivity contribution is -0.118. The lowest BCUT2D eigenvalue weighted by atomic mass is 9.93. The molecule has 4 nitrogen and oxygen atoms in total. The van der Waals surface area contributed by atoms with E-state index in [1.165, 1.54) is 6.07 Å². The average Bonchev–Trinajstić information content (AvgIpc) is 3.06. The van der Waals surface area contributed by atoms with Crippen LogP contribution in [-0.2, 0) is 16.0 Å². The lowest BCUT2D eigenvalue weighted by Gasteiger charge is -2.27. The fourth-order valence-corrected chi connectivity index (χ4v) is 3.78. The van der Waals surface area contributed by atoms with Crippen LogP contribution in [0.2, 0.25) is 0 Å². The number of anilines is 1. The number of aliphatic hydroxyl groups is 1. The zero-order valence-electron chi connectivity index (χ0n) is 16.5. The third-order valence-corrected chi connectivity index (χ3v) is 5.29. The molecule has 3 aromatic carbocycles. The summed E-state index contributed by atoms with van der Waals surface area (Å²) in [5.74, 6) is -4.06. The lowest BCUT2D eigenvalue weighted by Crippen LogP contribution is -2.31. The van der Waals surface area contributed by atoms with Crippen LogP contribution in [0.5, 0.6) is 0 Å². The molecule has 1 N–H and O–H groups in total. The second-order valence-electron chi connectivity index (χ2n) is 7.26. The summed E-state index contributed by atoms with van der Waals surface area (Å²) in [6.07, 6.45) is 0.531. The maximum absolute atomic E-state index is 13.9. The van der Waals surface area contributed by atoms with E-state index in [-0.39, 0.29) is 23.5 Å². The van der Waals surface area contributed by atoms with E-state index in [4.69, 9.17) is 0 Å². The smallest absolute Gasteiger partial charge is 0.294 e. The Morgan fingerprint density at radius 2 is 1.55 bits per heavy atom. The average molecular weight is 419 g/mol. The van der Waals surface area contributed by atoms with Crippen molar-refractivity contribution in [1.82, 2.24) is 0 Å². The van der Waals surface area contributed by atoms with E-state index in [9.17, 15) is 23.5 Å². The number of carbonyl (C=O) groups is 2. The van der Waals surface area contributed by atoms with Crippen molar-refractivity contribution in [3.05, 3.63) is 113 Å². The van der Waals surface area contributed by atoms with Crippen LogP contribution in [0, 0.1) is 11.6 Å². The Hall–Kier alpha value is -3.80. The van der Waals surface area contributed by atoms with E-state index < -0.39 is 29.3 Å². The summed E-state index contributed by atoms with van der Waals surface area (Å²) in [5, 5.41) is 10.6. The molecule has 3 aromatic rings. The Labute approximate surface area is 178 Å². The number of ketones is 1. The molecule has 0 saturated carbocycles. The maximum Gasteiger partial charge on any atom is 0.294 e. The Kier molecular flexibility index (Phi) is 5.62. The van der Waals surface area contributed by atoms with Gasteiger partial charge in [0, 0.05) is 18.2 Å². The molecule has 0 saturated heterocycles. The number of hydrogen-bond donors (Lipinski definition) is 1. The molecule has 0 bridgehead atoms. The van der Waals surface area contributed by atoms with Crippen molar-refractivity contribution in [3.8, 4) is 0 Å². The predicted octanol–water partition coefficient (Wildman–Crippen LogP) is 5.07. The van der Waals surface area contributed by atoms with Gasteiger partial charge < -0.3 is 5.11 Å². The van der Waals surface area contributed by atoms with Gasteiger partial charge in [-0.05, 0) is 29.7 Å². The highest BCUT2D eigenvalue weighted by atomic mass is 19.2. The van der Waals surface area contributed by atoms with Gasteiger partial charge in [-0.15, -0.1) is 0 Å². The molecule has 1 aliphatic rings. The van der Waals surface area contributed by atoms with E-state index in [1.807, 2.05) is 30.3 Å². The number of nitrogens with zero attached hydrogens (tertiary/aromatic N) is 1. The molecule has 1 amide bonds. The third-order valence-electron chi connectivity index (χ3n) is 5.29. The van der Waals surface area contributed by atoms with Gasteiger partial charge in [0.25, 0.3) is 5.91 Å². The molecule has 6 heteroatoms. The number of halogens is 2. The number of carbonyl (C=O) groups excluding carboxylic acids is 2. The molecular formula is C25H19F2NO3. The van der Waals surface area contributed by atoms with Crippen LogP contribution in [0.25, 0.3) is 0 Å². The van der Waals surface area contributed by atoms with Gasteiger partial charge in [-0.25, -0.2) is 8.78 Å². The summed E-state index contributed by atoms with van der Waals surface area (Å²) in [7, 11) is 0. The topological polar surface area (TPSA) is 57.6 Å². The Balaban J connectivity index is 1.72. The Bertz CT molecular complexity index is 1160. The van der Waals surface area contributed by atoms with Gasteiger partial charge >= 0.3 is 0 Å². The minimum atomic E-state index is -1.12. The SMILES string of the molecule is O=C(CCc1ccccc1)C1=C(O)C(=O)N(c2ccc(F)c(F)c2)C1c1ccccc1. The Morgan fingerprint density at radius 3 is 2.19 bits per heavy atom. The molecule has 1 unspecified atom stereocenters. The van der Waals surface area contributed by atoms with E-state index in [1.54, 1.807) is 30.3 Å². The van der Waals surface area contributed by atoms with Crippen LogP contribution in [0.15, 0.2) is 90.2 Å². The van der Waals surface area contributed by atoms with Crippen molar-refractivity contribution in [3.63, 3.8) is 0 Å². The van der Waals surface area contributed by atoms with Crippen molar-refractivity contribution in [1.29, 1.82) is 0 Å². The van der Waals surface area contributed by atoms with E-state index >= 15 is 0 Å². The number of amides is 1. The van der Waals surface area contributed by atoms with E-state index in [2.05, 4.69) is 0 Å². The molecule has 0 radical (unpaired) electrons. The zero-order valence-corrected chi connectivity index (χ0v) is 16.5. The van der Waals surface area contributed by atoms with Crippen LogP contribution in [-0.4, -0.2) is 16.8 Å². The van der Waals surface area contributed by atoms with Crippen LogP contribution >= 0.6 is 0 Å². The highest BCUT2D eigenvalue weighted by molar-refractivity contribution is 6.16. The largest absolute Gasteiger partial charge is 0.503 e. The number of Topliss-reactive ketones (excluding diaryl/α,β-unsaturated/α-hetero) is 1. The van der Waals surface area contributed by atoms with Gasteiger partial charge in [0.2, 0.25) is 0 Å². The molecule has 156 valence electrons. The Morgan fingerprint density at radius 1 is 0.903 bits per heavy atom. The van der Waals surface area contributed by atoms with Gasteiger partial charge in [0.05, 0.1) is 11.6 Å². The summed E-state index contributed by atoms with van der Waals surface area (Å²) in [4.78, 5) is 27.2. The molecule has 1 atom stereocenters. The van der Waals surface area contributed by atoms with Crippen LogP contribution in [0.1, 0.15) is 23.6 Å². The number of benzene rings is 3. The number of aliphatic hydroxyl groups excluding tert-OH is 1. The summed E-state index contributed by atoms with van der Waals surface area (Å²) < 4.78 is 27.3. The van der Waals surface area contributed by atoms with Crippen molar-refractivity contribution in [2.24, 2.45) is 0 Å². The fraction of sp³-hybridized carbons (Fsp3) is 0.120. The molecule has 4 rings (SSSR count). The minimum absolute atomic E-state index is 0.0446. The van der Waals surface area contributed by atoms with Gasteiger partial charge in [0.15, 0.2) is 23.2 Å². The molecule has 1 aliphatic heterocycles. The summed E-state index contributed by atoms with van der Waals surface area (Å²) in [6.45, 7) is 0. The summed E-state index contributed by atoms with van der Waals surface area (Å²) >= 11 is 0. The van der Waals surface area contributed by atoms with Crippen LogP contribution in [0.4, 0.5) is 14.5 Å². The number of aryl methyl sites for hydroxylation is 1. The minimum Gasteiger partial charge on any atom is -0.503 e. The molecule has 0 aromatic heterocycles. The first kappa shape index (κ1) is 20.5. The predicted molar refractivity (Wildman–Crippen MR) is 112 cm³/mol. The molecule has 1 heterocycles.